The number of alkyl halides is 1. The molecule has 1 fully saturated rings. The Morgan fingerprint density at radius 3 is 2.86 bits per heavy atom. The number of hydrogen-bond donors (Lipinski definition) is 1. The van der Waals surface area contributed by atoms with E-state index in [0.717, 1.165) is 25.1 Å². The van der Waals surface area contributed by atoms with Crippen LogP contribution in [0.25, 0.3) is 0 Å². The van der Waals surface area contributed by atoms with Crippen LogP contribution >= 0.6 is 0 Å². The Hall–Kier alpha value is -1.12. The first-order valence-electron chi connectivity index (χ1n) is 5.18. The van der Waals surface area contributed by atoms with E-state index in [4.69, 9.17) is 0 Å². The van der Waals surface area contributed by atoms with Crippen LogP contribution in [0, 0.1) is 0 Å². The van der Waals surface area contributed by atoms with Gasteiger partial charge in [-0.15, -0.1) is 0 Å². The van der Waals surface area contributed by atoms with E-state index in [2.05, 4.69) is 10.3 Å². The number of anilines is 1. The van der Waals surface area contributed by atoms with E-state index < -0.39 is 6.17 Å². The van der Waals surface area contributed by atoms with Crippen molar-refractivity contribution in [2.75, 3.05) is 5.32 Å². The van der Waals surface area contributed by atoms with Gasteiger partial charge in [0, 0.05) is 6.20 Å². The highest BCUT2D eigenvalue weighted by Crippen LogP contribution is 2.23. The maximum atomic E-state index is 13.4. The second-order valence-corrected chi connectivity index (χ2v) is 3.77. The molecule has 3 heteroatoms. The van der Waals surface area contributed by atoms with Gasteiger partial charge in [0.25, 0.3) is 0 Å². The summed E-state index contributed by atoms with van der Waals surface area (Å²) in [6, 6.07) is 5.60. The third kappa shape index (κ3) is 2.22. The molecular formula is C11H15FN2. The quantitative estimate of drug-likeness (QED) is 0.783. The molecule has 0 radical (unpaired) electrons. The van der Waals surface area contributed by atoms with Gasteiger partial charge in [-0.05, 0) is 25.0 Å². The summed E-state index contributed by atoms with van der Waals surface area (Å²) in [5.74, 6) is 0.780. The monoisotopic (exact) mass is 194 g/mol. The topological polar surface area (TPSA) is 24.9 Å². The molecule has 1 saturated carbocycles. The summed E-state index contributed by atoms with van der Waals surface area (Å²) in [6.07, 6.45) is 4.73. The van der Waals surface area contributed by atoms with E-state index in [1.807, 2.05) is 18.2 Å². The summed E-state index contributed by atoms with van der Waals surface area (Å²) in [5.41, 5.74) is 0. The van der Waals surface area contributed by atoms with Crippen LogP contribution < -0.4 is 5.32 Å². The molecule has 0 aliphatic heterocycles. The van der Waals surface area contributed by atoms with Crippen LogP contribution in [-0.4, -0.2) is 17.2 Å². The van der Waals surface area contributed by atoms with Gasteiger partial charge < -0.3 is 5.32 Å². The molecule has 0 saturated heterocycles. The second-order valence-electron chi connectivity index (χ2n) is 3.77. The molecular weight excluding hydrogens is 179 g/mol. The molecule has 1 aliphatic carbocycles. The molecule has 2 atom stereocenters. The lowest BCUT2D eigenvalue weighted by Crippen LogP contribution is -2.33. The highest BCUT2D eigenvalue weighted by molar-refractivity contribution is 5.34. The Bertz CT molecular complexity index is 276. The van der Waals surface area contributed by atoms with Crippen LogP contribution in [-0.2, 0) is 0 Å². The number of hydrogen-bond acceptors (Lipinski definition) is 2. The van der Waals surface area contributed by atoms with Gasteiger partial charge in [0.1, 0.15) is 12.0 Å². The van der Waals surface area contributed by atoms with E-state index in [0.29, 0.717) is 6.42 Å². The van der Waals surface area contributed by atoms with E-state index in [-0.39, 0.29) is 6.04 Å². The number of aromatic nitrogens is 1. The standard InChI is InChI=1S/C11H15FN2/c12-9-5-1-2-6-10(9)14-11-7-3-4-8-13-11/h3-4,7-10H,1-2,5-6H2,(H,13,14)/t9-,10-/m0/s1. The third-order valence-electron chi connectivity index (χ3n) is 2.68. The summed E-state index contributed by atoms with van der Waals surface area (Å²) in [4.78, 5) is 4.13. The molecule has 1 aromatic rings. The van der Waals surface area contributed by atoms with Crippen molar-refractivity contribution in [3.8, 4) is 0 Å². The molecule has 0 spiro atoms. The second kappa shape index (κ2) is 4.40. The maximum absolute atomic E-state index is 13.4. The van der Waals surface area contributed by atoms with Crippen molar-refractivity contribution in [3.05, 3.63) is 24.4 Å². The largest absolute Gasteiger partial charge is 0.364 e. The van der Waals surface area contributed by atoms with Crippen LogP contribution in [0.3, 0.4) is 0 Å². The molecule has 1 aliphatic rings. The fourth-order valence-corrected chi connectivity index (χ4v) is 1.89. The maximum Gasteiger partial charge on any atom is 0.126 e. The highest BCUT2D eigenvalue weighted by atomic mass is 19.1. The molecule has 0 unspecified atom stereocenters. The van der Waals surface area contributed by atoms with Gasteiger partial charge in [-0.1, -0.05) is 18.9 Å². The summed E-state index contributed by atoms with van der Waals surface area (Å²) in [6.45, 7) is 0. The predicted molar refractivity (Wildman–Crippen MR) is 55.0 cm³/mol. The van der Waals surface area contributed by atoms with Crippen LogP contribution in [0.15, 0.2) is 24.4 Å². The van der Waals surface area contributed by atoms with Crippen molar-refractivity contribution < 1.29 is 4.39 Å². The number of nitrogens with zero attached hydrogens (tertiary/aromatic N) is 1. The lowest BCUT2D eigenvalue weighted by Gasteiger charge is -2.26. The molecule has 2 rings (SSSR count). The van der Waals surface area contributed by atoms with E-state index in [1.165, 1.54) is 0 Å². The molecule has 1 aromatic heterocycles. The molecule has 76 valence electrons. The van der Waals surface area contributed by atoms with Crippen LogP contribution in [0.4, 0.5) is 10.2 Å². The lowest BCUT2D eigenvalue weighted by molar-refractivity contribution is 0.229. The summed E-state index contributed by atoms with van der Waals surface area (Å²) >= 11 is 0. The van der Waals surface area contributed by atoms with E-state index >= 15 is 0 Å². The smallest absolute Gasteiger partial charge is 0.126 e. The van der Waals surface area contributed by atoms with Gasteiger partial charge in [-0.3, -0.25) is 0 Å². The molecule has 0 amide bonds. The van der Waals surface area contributed by atoms with Crippen molar-refractivity contribution in [1.29, 1.82) is 0 Å². The third-order valence-corrected chi connectivity index (χ3v) is 2.68. The Balaban J connectivity index is 1.96. The van der Waals surface area contributed by atoms with Gasteiger partial charge >= 0.3 is 0 Å². The molecule has 1 heterocycles. The summed E-state index contributed by atoms with van der Waals surface area (Å²) < 4.78 is 13.4. The first-order valence-corrected chi connectivity index (χ1v) is 5.18. The molecule has 2 nitrogen and oxygen atoms in total. The minimum absolute atomic E-state index is 0.0429. The minimum atomic E-state index is -0.717. The Morgan fingerprint density at radius 2 is 2.14 bits per heavy atom. The van der Waals surface area contributed by atoms with Gasteiger partial charge in [0.15, 0.2) is 0 Å². The average molecular weight is 194 g/mol. The van der Waals surface area contributed by atoms with Crippen molar-refractivity contribution in [2.45, 2.75) is 37.9 Å². The van der Waals surface area contributed by atoms with Crippen LogP contribution in [0.2, 0.25) is 0 Å². The first kappa shape index (κ1) is 9.44. The summed E-state index contributed by atoms with van der Waals surface area (Å²) in [5, 5.41) is 3.14. The van der Waals surface area contributed by atoms with Gasteiger partial charge in [0.05, 0.1) is 6.04 Å². The normalized spacial score (nSPS) is 27.2. The van der Waals surface area contributed by atoms with Gasteiger partial charge in [-0.2, -0.15) is 0 Å². The Morgan fingerprint density at radius 1 is 1.29 bits per heavy atom. The van der Waals surface area contributed by atoms with Crippen LogP contribution in [0.5, 0.6) is 0 Å². The fraction of sp³-hybridized carbons (Fsp3) is 0.545. The molecule has 0 aromatic carbocycles. The van der Waals surface area contributed by atoms with Gasteiger partial charge in [0.2, 0.25) is 0 Å². The van der Waals surface area contributed by atoms with Crippen molar-refractivity contribution >= 4 is 5.82 Å². The average Bonchev–Trinajstić information content (AvgIpc) is 2.23. The SMILES string of the molecule is F[C@H]1CCCC[C@@H]1Nc1ccccn1. The number of rotatable bonds is 2. The van der Waals surface area contributed by atoms with Crippen molar-refractivity contribution in [3.63, 3.8) is 0 Å². The zero-order chi connectivity index (χ0) is 9.80. The zero-order valence-electron chi connectivity index (χ0n) is 8.12. The number of pyridine rings is 1. The highest BCUT2D eigenvalue weighted by Gasteiger charge is 2.24. The molecule has 0 bridgehead atoms. The van der Waals surface area contributed by atoms with Crippen molar-refractivity contribution in [1.82, 2.24) is 4.98 Å². The van der Waals surface area contributed by atoms with E-state index in [9.17, 15) is 4.39 Å². The summed E-state index contributed by atoms with van der Waals surface area (Å²) in [7, 11) is 0. The van der Waals surface area contributed by atoms with Crippen molar-refractivity contribution in [2.24, 2.45) is 0 Å². The lowest BCUT2D eigenvalue weighted by atomic mass is 9.94. The van der Waals surface area contributed by atoms with E-state index in [1.54, 1.807) is 6.20 Å². The first-order chi connectivity index (χ1) is 6.86. The Labute approximate surface area is 83.6 Å². The van der Waals surface area contributed by atoms with Crippen LogP contribution in [0.1, 0.15) is 25.7 Å². The number of nitrogens with one attached hydrogen (secondary N) is 1. The fourth-order valence-electron chi connectivity index (χ4n) is 1.89. The molecule has 14 heavy (non-hydrogen) atoms. The number of halogens is 1. The molecule has 1 N–H and O–H groups in total. The Kier molecular flexibility index (Phi) is 2.96. The predicted octanol–water partition coefficient (Wildman–Crippen LogP) is 2.77. The minimum Gasteiger partial charge on any atom is -0.364 e. The van der Waals surface area contributed by atoms with Gasteiger partial charge in [-0.25, -0.2) is 9.37 Å². The zero-order valence-corrected chi connectivity index (χ0v) is 8.12.